The first-order chi connectivity index (χ1) is 7.77. The third kappa shape index (κ3) is 4.37. The Bertz CT molecular complexity index is 237. The minimum absolute atomic E-state index is 0.344. The van der Waals surface area contributed by atoms with E-state index in [4.69, 9.17) is 10.3 Å². The van der Waals surface area contributed by atoms with Crippen molar-refractivity contribution in [2.45, 2.75) is 31.9 Å². The summed E-state index contributed by atoms with van der Waals surface area (Å²) in [5.74, 6) is 0. The lowest BCUT2D eigenvalue weighted by molar-refractivity contribution is 0.0242. The van der Waals surface area contributed by atoms with Gasteiger partial charge in [-0.05, 0) is 12.0 Å². The number of aliphatic hydroxyl groups is 1. The van der Waals surface area contributed by atoms with E-state index in [1.807, 2.05) is 6.92 Å². The zero-order chi connectivity index (χ0) is 11.8. The summed E-state index contributed by atoms with van der Waals surface area (Å²) in [4.78, 5) is 4.98. The molecule has 0 unspecified atom stereocenters. The van der Waals surface area contributed by atoms with Crippen molar-refractivity contribution < 1.29 is 9.84 Å². The highest BCUT2D eigenvalue weighted by atomic mass is 16.5. The Morgan fingerprint density at radius 2 is 2.19 bits per heavy atom. The summed E-state index contributed by atoms with van der Waals surface area (Å²) in [5.41, 5.74) is 8.49. The highest BCUT2D eigenvalue weighted by Crippen LogP contribution is 2.10. The largest absolute Gasteiger partial charge is 0.393 e. The van der Waals surface area contributed by atoms with E-state index in [-0.39, 0.29) is 6.04 Å². The van der Waals surface area contributed by atoms with Crippen molar-refractivity contribution in [2.75, 3.05) is 32.8 Å². The van der Waals surface area contributed by atoms with Gasteiger partial charge in [-0.25, -0.2) is 0 Å². The van der Waals surface area contributed by atoms with E-state index in [9.17, 15) is 5.11 Å². The molecule has 1 saturated heterocycles. The van der Waals surface area contributed by atoms with Gasteiger partial charge in [0.2, 0.25) is 0 Å². The van der Waals surface area contributed by atoms with Crippen molar-refractivity contribution in [3.8, 4) is 0 Å². The van der Waals surface area contributed by atoms with Crippen molar-refractivity contribution in [2.24, 2.45) is 5.11 Å². The monoisotopic (exact) mass is 228 g/mol. The molecule has 0 aromatic rings. The number of azide groups is 1. The molecule has 0 bridgehead atoms. The van der Waals surface area contributed by atoms with Crippen molar-refractivity contribution in [1.29, 1.82) is 0 Å². The second-order valence-electron chi connectivity index (χ2n) is 4.04. The highest BCUT2D eigenvalue weighted by Gasteiger charge is 2.21. The maximum Gasteiger partial charge on any atom is 0.0760 e. The van der Waals surface area contributed by atoms with E-state index in [1.54, 1.807) is 0 Å². The second-order valence-corrected chi connectivity index (χ2v) is 4.04. The number of nitrogens with zero attached hydrogens (tertiary/aromatic N) is 4. The summed E-state index contributed by atoms with van der Waals surface area (Å²) in [7, 11) is 0. The normalized spacial score (nSPS) is 21.1. The third-order valence-electron chi connectivity index (χ3n) is 2.78. The quantitative estimate of drug-likeness (QED) is 0.420. The fourth-order valence-electron chi connectivity index (χ4n) is 1.84. The van der Waals surface area contributed by atoms with Crippen LogP contribution in [-0.2, 0) is 4.74 Å². The standard InChI is InChI=1S/C10H20N4O2/c1-2-3-10(15)9(12-13-11)8-14-4-6-16-7-5-14/h9-10,15H,2-8H2,1H3/t9-,10+/m0/s1. The SMILES string of the molecule is CCC[C@@H](O)[C@H](CN1CCOCC1)N=[N+]=[N-]. The molecule has 6 nitrogen and oxygen atoms in total. The molecule has 16 heavy (non-hydrogen) atoms. The number of aliphatic hydroxyl groups excluding tert-OH is 1. The van der Waals surface area contributed by atoms with Crippen LogP contribution in [0.25, 0.3) is 10.4 Å². The Morgan fingerprint density at radius 3 is 2.75 bits per heavy atom. The molecule has 0 saturated carbocycles. The average molecular weight is 228 g/mol. The van der Waals surface area contributed by atoms with Crippen molar-refractivity contribution in [3.05, 3.63) is 10.4 Å². The molecule has 0 aliphatic carbocycles. The van der Waals surface area contributed by atoms with Gasteiger partial charge in [0.25, 0.3) is 0 Å². The van der Waals surface area contributed by atoms with Gasteiger partial charge in [0.1, 0.15) is 0 Å². The van der Waals surface area contributed by atoms with E-state index in [0.717, 1.165) is 19.5 Å². The van der Waals surface area contributed by atoms with Gasteiger partial charge in [-0.2, -0.15) is 0 Å². The summed E-state index contributed by atoms with van der Waals surface area (Å²) in [6.07, 6.45) is 1.03. The lowest BCUT2D eigenvalue weighted by Gasteiger charge is -2.30. The van der Waals surface area contributed by atoms with Crippen LogP contribution < -0.4 is 0 Å². The van der Waals surface area contributed by atoms with Crippen LogP contribution in [0.1, 0.15) is 19.8 Å². The molecule has 1 aliphatic heterocycles. The van der Waals surface area contributed by atoms with Crippen molar-refractivity contribution in [1.82, 2.24) is 4.90 Å². The van der Waals surface area contributed by atoms with Crippen molar-refractivity contribution >= 4 is 0 Å². The molecule has 1 fully saturated rings. The van der Waals surface area contributed by atoms with Crippen LogP contribution in [0.5, 0.6) is 0 Å². The Morgan fingerprint density at radius 1 is 1.50 bits per heavy atom. The zero-order valence-corrected chi connectivity index (χ0v) is 9.75. The molecule has 0 radical (unpaired) electrons. The summed E-state index contributed by atoms with van der Waals surface area (Å²) >= 11 is 0. The minimum atomic E-state index is -0.538. The topological polar surface area (TPSA) is 81.5 Å². The van der Waals surface area contributed by atoms with E-state index >= 15 is 0 Å². The Hall–Kier alpha value is -0.810. The number of hydrogen-bond acceptors (Lipinski definition) is 4. The molecular formula is C10H20N4O2. The first-order valence-corrected chi connectivity index (χ1v) is 5.80. The first kappa shape index (κ1) is 13.3. The lowest BCUT2D eigenvalue weighted by atomic mass is 10.1. The van der Waals surface area contributed by atoms with E-state index < -0.39 is 6.10 Å². The van der Waals surface area contributed by atoms with Crippen LogP contribution in [0.4, 0.5) is 0 Å². The Labute approximate surface area is 95.8 Å². The minimum Gasteiger partial charge on any atom is -0.393 e. The molecular weight excluding hydrogens is 208 g/mol. The van der Waals surface area contributed by atoms with Crippen LogP contribution in [0, 0.1) is 0 Å². The molecule has 2 atom stereocenters. The average Bonchev–Trinajstić information content (AvgIpc) is 2.30. The van der Waals surface area contributed by atoms with Gasteiger partial charge in [-0.3, -0.25) is 4.90 Å². The maximum absolute atomic E-state index is 9.85. The molecule has 6 heteroatoms. The molecule has 0 spiro atoms. The second kappa shape index (κ2) is 7.46. The van der Waals surface area contributed by atoms with E-state index in [2.05, 4.69) is 14.9 Å². The molecule has 1 N–H and O–H groups in total. The summed E-state index contributed by atoms with van der Waals surface area (Å²) in [6.45, 7) is 5.74. The summed E-state index contributed by atoms with van der Waals surface area (Å²) in [6, 6.07) is -0.344. The van der Waals surface area contributed by atoms with Crippen LogP contribution in [0.15, 0.2) is 5.11 Å². The van der Waals surface area contributed by atoms with Crippen molar-refractivity contribution in [3.63, 3.8) is 0 Å². The predicted octanol–water partition coefficient (Wildman–Crippen LogP) is 1.16. The molecule has 1 aliphatic rings. The predicted molar refractivity (Wildman–Crippen MR) is 61.1 cm³/mol. The zero-order valence-electron chi connectivity index (χ0n) is 9.75. The molecule has 1 rings (SSSR count). The fourth-order valence-corrected chi connectivity index (χ4v) is 1.84. The van der Waals surface area contributed by atoms with Crippen LogP contribution in [0.3, 0.4) is 0 Å². The van der Waals surface area contributed by atoms with Gasteiger partial charge in [0.05, 0.1) is 25.4 Å². The third-order valence-corrected chi connectivity index (χ3v) is 2.78. The summed E-state index contributed by atoms with van der Waals surface area (Å²) in [5, 5.41) is 13.5. The van der Waals surface area contributed by atoms with Crippen LogP contribution >= 0.6 is 0 Å². The number of rotatable bonds is 6. The van der Waals surface area contributed by atoms with E-state index in [0.29, 0.717) is 26.2 Å². The number of morpholine rings is 1. The maximum atomic E-state index is 9.85. The number of hydrogen-bond donors (Lipinski definition) is 1. The van der Waals surface area contributed by atoms with Gasteiger partial charge in [0, 0.05) is 24.5 Å². The number of ether oxygens (including phenoxy) is 1. The van der Waals surface area contributed by atoms with Crippen LogP contribution in [-0.4, -0.2) is 55.0 Å². The Kier molecular flexibility index (Phi) is 6.18. The van der Waals surface area contributed by atoms with Gasteiger partial charge in [-0.1, -0.05) is 18.5 Å². The van der Waals surface area contributed by atoms with Gasteiger partial charge in [-0.15, -0.1) is 0 Å². The smallest absolute Gasteiger partial charge is 0.0760 e. The van der Waals surface area contributed by atoms with Gasteiger partial charge in [0.15, 0.2) is 0 Å². The summed E-state index contributed by atoms with van der Waals surface area (Å²) < 4.78 is 5.24. The molecule has 0 amide bonds. The molecule has 92 valence electrons. The van der Waals surface area contributed by atoms with Crippen LogP contribution in [0.2, 0.25) is 0 Å². The van der Waals surface area contributed by atoms with Gasteiger partial charge < -0.3 is 9.84 Å². The van der Waals surface area contributed by atoms with E-state index in [1.165, 1.54) is 0 Å². The fraction of sp³-hybridized carbons (Fsp3) is 1.00. The molecule has 0 aromatic heterocycles. The lowest BCUT2D eigenvalue weighted by Crippen LogP contribution is -2.43. The van der Waals surface area contributed by atoms with Gasteiger partial charge >= 0.3 is 0 Å². The molecule has 1 heterocycles. The highest BCUT2D eigenvalue weighted by molar-refractivity contribution is 4.80. The first-order valence-electron chi connectivity index (χ1n) is 5.80. The Balaban J connectivity index is 2.45. The molecule has 0 aromatic carbocycles.